The molecule has 0 saturated carbocycles. The van der Waals surface area contributed by atoms with Crippen molar-refractivity contribution < 1.29 is 0 Å². The molecule has 60 valence electrons. The van der Waals surface area contributed by atoms with E-state index in [1.165, 1.54) is 11.3 Å². The van der Waals surface area contributed by atoms with Crippen molar-refractivity contribution in [2.24, 2.45) is 5.73 Å². The summed E-state index contributed by atoms with van der Waals surface area (Å²) >= 11 is 6.36. The third-order valence-electron chi connectivity index (χ3n) is 1.50. The molecule has 1 heterocycles. The second-order valence-electron chi connectivity index (χ2n) is 2.35. The van der Waals surface area contributed by atoms with E-state index in [0.29, 0.717) is 4.99 Å². The van der Waals surface area contributed by atoms with Crippen LogP contribution in [0.15, 0.2) is 24.3 Å². The fourth-order valence-corrected chi connectivity index (χ4v) is 1.97. The van der Waals surface area contributed by atoms with Gasteiger partial charge in [-0.15, -0.1) is 11.3 Å². The summed E-state index contributed by atoms with van der Waals surface area (Å²) in [5, 5.41) is 0.742. The smallest absolute Gasteiger partial charge is 0.151 e. The Labute approximate surface area is 79.0 Å². The van der Waals surface area contributed by atoms with Crippen LogP contribution in [0.5, 0.6) is 0 Å². The molecule has 0 saturated heterocycles. The third-order valence-corrected chi connectivity index (χ3v) is 2.90. The average Bonchev–Trinajstić information content (AvgIpc) is 2.46. The Hall–Kier alpha value is -1.00. The molecule has 0 spiro atoms. The van der Waals surface area contributed by atoms with Gasteiger partial charge in [0.05, 0.1) is 10.2 Å². The SMILES string of the molecule is NC(=S)c1nc2ccccc2s1. The Bertz CT molecular complexity index is 400. The molecule has 0 amide bonds. The van der Waals surface area contributed by atoms with E-state index in [1.807, 2.05) is 24.3 Å². The van der Waals surface area contributed by atoms with Gasteiger partial charge in [0.15, 0.2) is 5.01 Å². The lowest BCUT2D eigenvalue weighted by atomic mass is 10.3. The first-order valence-electron chi connectivity index (χ1n) is 3.43. The van der Waals surface area contributed by atoms with E-state index in [2.05, 4.69) is 4.98 Å². The standard InChI is InChI=1S/C8H6N2S2/c9-7(11)8-10-5-3-1-2-4-6(5)12-8/h1-4H,(H2,9,11). The molecule has 0 aliphatic carbocycles. The van der Waals surface area contributed by atoms with Gasteiger partial charge in [0, 0.05) is 0 Å². The Kier molecular flexibility index (Phi) is 1.78. The van der Waals surface area contributed by atoms with Gasteiger partial charge in [0.1, 0.15) is 4.99 Å². The predicted molar refractivity (Wildman–Crippen MR) is 55.5 cm³/mol. The first-order chi connectivity index (χ1) is 5.77. The van der Waals surface area contributed by atoms with E-state index in [1.54, 1.807) is 0 Å². The number of nitrogens with zero attached hydrogens (tertiary/aromatic N) is 1. The summed E-state index contributed by atoms with van der Waals surface area (Å²) in [6.45, 7) is 0. The number of rotatable bonds is 1. The van der Waals surface area contributed by atoms with Crippen molar-refractivity contribution in [2.45, 2.75) is 0 Å². The van der Waals surface area contributed by atoms with Gasteiger partial charge < -0.3 is 5.73 Å². The Morgan fingerprint density at radius 3 is 2.83 bits per heavy atom. The lowest BCUT2D eigenvalue weighted by molar-refractivity contribution is 1.45. The van der Waals surface area contributed by atoms with Gasteiger partial charge in [-0.05, 0) is 12.1 Å². The van der Waals surface area contributed by atoms with Gasteiger partial charge in [-0.1, -0.05) is 24.4 Å². The molecule has 12 heavy (non-hydrogen) atoms. The second kappa shape index (κ2) is 2.80. The lowest BCUT2D eigenvalue weighted by Crippen LogP contribution is -2.08. The Morgan fingerprint density at radius 2 is 2.17 bits per heavy atom. The molecule has 4 heteroatoms. The van der Waals surface area contributed by atoms with Crippen molar-refractivity contribution in [1.82, 2.24) is 4.98 Å². The first kappa shape index (κ1) is 7.64. The summed E-state index contributed by atoms with van der Waals surface area (Å²) in [6, 6.07) is 7.89. The lowest BCUT2D eigenvalue weighted by Gasteiger charge is -1.83. The van der Waals surface area contributed by atoms with E-state index in [4.69, 9.17) is 18.0 Å². The summed E-state index contributed by atoms with van der Waals surface area (Å²) in [4.78, 5) is 4.64. The van der Waals surface area contributed by atoms with Gasteiger partial charge >= 0.3 is 0 Å². The summed E-state index contributed by atoms with van der Waals surface area (Å²) in [5.74, 6) is 0. The normalized spacial score (nSPS) is 10.3. The van der Waals surface area contributed by atoms with E-state index >= 15 is 0 Å². The van der Waals surface area contributed by atoms with Crippen LogP contribution < -0.4 is 5.73 Å². The number of aromatic nitrogens is 1. The van der Waals surface area contributed by atoms with Crippen molar-refractivity contribution >= 4 is 38.8 Å². The van der Waals surface area contributed by atoms with Gasteiger partial charge in [0.2, 0.25) is 0 Å². The molecule has 1 aromatic carbocycles. The third kappa shape index (κ3) is 1.19. The Morgan fingerprint density at radius 1 is 1.42 bits per heavy atom. The summed E-state index contributed by atoms with van der Waals surface area (Å²) in [6.07, 6.45) is 0. The van der Waals surface area contributed by atoms with E-state index in [9.17, 15) is 0 Å². The maximum Gasteiger partial charge on any atom is 0.151 e. The number of nitrogens with two attached hydrogens (primary N) is 1. The van der Waals surface area contributed by atoms with Crippen LogP contribution in [0.1, 0.15) is 5.01 Å². The molecular formula is C8H6N2S2. The maximum absolute atomic E-state index is 5.46. The van der Waals surface area contributed by atoms with Gasteiger partial charge in [0.25, 0.3) is 0 Å². The minimum atomic E-state index is 0.371. The number of benzene rings is 1. The highest BCUT2D eigenvalue weighted by Gasteiger charge is 2.03. The zero-order valence-electron chi connectivity index (χ0n) is 6.15. The van der Waals surface area contributed by atoms with Crippen molar-refractivity contribution in [3.63, 3.8) is 0 Å². The molecule has 0 aliphatic rings. The largest absolute Gasteiger partial charge is 0.387 e. The quantitative estimate of drug-likeness (QED) is 0.705. The molecule has 2 aromatic rings. The van der Waals surface area contributed by atoms with Crippen LogP contribution >= 0.6 is 23.6 Å². The minimum absolute atomic E-state index is 0.371. The predicted octanol–water partition coefficient (Wildman–Crippen LogP) is 1.93. The number of para-hydroxylation sites is 1. The van der Waals surface area contributed by atoms with Gasteiger partial charge in [-0.3, -0.25) is 0 Å². The molecule has 0 bridgehead atoms. The Balaban J connectivity index is 2.70. The van der Waals surface area contributed by atoms with E-state index in [0.717, 1.165) is 15.2 Å². The second-order valence-corrected chi connectivity index (χ2v) is 3.82. The highest BCUT2D eigenvalue weighted by atomic mass is 32.1. The van der Waals surface area contributed by atoms with Crippen LogP contribution in [0.3, 0.4) is 0 Å². The fourth-order valence-electron chi connectivity index (χ4n) is 0.978. The molecule has 0 aliphatic heterocycles. The van der Waals surface area contributed by atoms with Crippen molar-refractivity contribution in [2.75, 3.05) is 0 Å². The van der Waals surface area contributed by atoms with Crippen LogP contribution in [0, 0.1) is 0 Å². The van der Waals surface area contributed by atoms with Gasteiger partial charge in [-0.2, -0.15) is 0 Å². The van der Waals surface area contributed by atoms with Crippen LogP contribution in [0.4, 0.5) is 0 Å². The number of hydrogen-bond acceptors (Lipinski definition) is 3. The van der Waals surface area contributed by atoms with E-state index in [-0.39, 0.29) is 0 Å². The summed E-state index contributed by atoms with van der Waals surface area (Å²) in [5.41, 5.74) is 6.42. The molecule has 0 fully saturated rings. The molecule has 0 unspecified atom stereocenters. The molecule has 0 radical (unpaired) electrons. The zero-order valence-corrected chi connectivity index (χ0v) is 7.78. The first-order valence-corrected chi connectivity index (χ1v) is 4.65. The number of hydrogen-bond donors (Lipinski definition) is 1. The number of thiocarbonyl (C=S) groups is 1. The molecule has 2 N–H and O–H groups in total. The molecular weight excluding hydrogens is 188 g/mol. The summed E-state index contributed by atoms with van der Waals surface area (Å²) < 4.78 is 1.13. The summed E-state index contributed by atoms with van der Waals surface area (Å²) in [7, 11) is 0. The number of fused-ring (bicyclic) bond motifs is 1. The van der Waals surface area contributed by atoms with Gasteiger partial charge in [-0.25, -0.2) is 4.98 Å². The van der Waals surface area contributed by atoms with Crippen LogP contribution in [-0.4, -0.2) is 9.97 Å². The fraction of sp³-hybridized carbons (Fsp3) is 0. The van der Waals surface area contributed by atoms with Crippen LogP contribution in [0.25, 0.3) is 10.2 Å². The zero-order chi connectivity index (χ0) is 8.55. The topological polar surface area (TPSA) is 38.9 Å². The molecule has 2 nitrogen and oxygen atoms in total. The molecule has 1 aromatic heterocycles. The maximum atomic E-state index is 5.46. The van der Waals surface area contributed by atoms with E-state index < -0.39 is 0 Å². The number of thiazole rings is 1. The average molecular weight is 194 g/mol. The molecule has 2 rings (SSSR count). The van der Waals surface area contributed by atoms with Crippen molar-refractivity contribution in [1.29, 1.82) is 0 Å². The molecule has 0 atom stereocenters. The monoisotopic (exact) mass is 194 g/mol. The minimum Gasteiger partial charge on any atom is -0.387 e. The highest BCUT2D eigenvalue weighted by Crippen LogP contribution is 2.20. The highest BCUT2D eigenvalue weighted by molar-refractivity contribution is 7.81. The van der Waals surface area contributed by atoms with Crippen molar-refractivity contribution in [3.8, 4) is 0 Å². The van der Waals surface area contributed by atoms with Crippen molar-refractivity contribution in [3.05, 3.63) is 29.3 Å². The van der Waals surface area contributed by atoms with Crippen LogP contribution in [0.2, 0.25) is 0 Å². The van der Waals surface area contributed by atoms with Crippen LogP contribution in [-0.2, 0) is 0 Å².